The van der Waals surface area contributed by atoms with E-state index >= 15 is 0 Å². The van der Waals surface area contributed by atoms with Crippen LogP contribution in [0, 0.1) is 13.8 Å². The molecule has 160 valence electrons. The van der Waals surface area contributed by atoms with E-state index < -0.39 is 0 Å². The van der Waals surface area contributed by atoms with E-state index in [4.69, 9.17) is 20.6 Å². The predicted octanol–water partition coefficient (Wildman–Crippen LogP) is 5.63. The van der Waals surface area contributed by atoms with Crippen LogP contribution in [0.2, 0.25) is 0 Å². The lowest BCUT2D eigenvalue weighted by Crippen LogP contribution is -2.20. The highest BCUT2D eigenvalue weighted by Gasteiger charge is 2.38. The van der Waals surface area contributed by atoms with Gasteiger partial charge in [0.1, 0.15) is 0 Å². The Morgan fingerprint density at radius 3 is 2.47 bits per heavy atom. The van der Waals surface area contributed by atoms with Gasteiger partial charge in [0.15, 0.2) is 0 Å². The van der Waals surface area contributed by atoms with Gasteiger partial charge in [0.05, 0.1) is 16.9 Å². The lowest BCUT2D eigenvalue weighted by molar-refractivity contribution is 0.401. The number of pyridine rings is 1. The number of ether oxygens (including phenoxy) is 1. The highest BCUT2D eigenvalue weighted by Crippen LogP contribution is 2.52. The average molecular weight is 423 g/mol. The van der Waals surface area contributed by atoms with Crippen LogP contribution < -0.4 is 10.5 Å². The Labute approximate surface area is 187 Å². The Bertz CT molecular complexity index is 1320. The van der Waals surface area contributed by atoms with Crippen LogP contribution in [0.5, 0.6) is 11.8 Å². The van der Waals surface area contributed by atoms with Gasteiger partial charge in [-0.15, -0.1) is 0 Å². The van der Waals surface area contributed by atoms with Crippen LogP contribution in [0.3, 0.4) is 0 Å². The maximum Gasteiger partial charge on any atom is 0.229 e. The predicted molar refractivity (Wildman–Crippen MR) is 126 cm³/mol. The fourth-order valence-electron chi connectivity index (χ4n) is 5.14. The van der Waals surface area contributed by atoms with E-state index in [-0.39, 0.29) is 5.92 Å². The largest absolute Gasteiger partial charge is 0.420 e. The summed E-state index contributed by atoms with van der Waals surface area (Å²) in [5.41, 5.74) is 16.4. The number of para-hydroxylation sites is 1. The Kier molecular flexibility index (Phi) is 4.32. The van der Waals surface area contributed by atoms with Crippen LogP contribution in [0.15, 0.2) is 54.6 Å². The summed E-state index contributed by atoms with van der Waals surface area (Å²) in [5, 5.41) is 4.89. The maximum absolute atomic E-state index is 6.86. The number of anilines is 1. The SMILES string of the molecule is Cc1ccc(C2c3c(nc4c(c3N)CCCC4)Oc3c2c(C)nn3-c2ccccc2)cc1. The van der Waals surface area contributed by atoms with E-state index in [1.807, 2.05) is 35.0 Å². The molecule has 0 radical (unpaired) electrons. The molecule has 4 aromatic rings. The third-order valence-electron chi connectivity index (χ3n) is 6.77. The van der Waals surface area contributed by atoms with E-state index in [1.54, 1.807) is 0 Å². The number of fused-ring (bicyclic) bond motifs is 3. The van der Waals surface area contributed by atoms with Gasteiger partial charge in [-0.3, -0.25) is 0 Å². The summed E-state index contributed by atoms with van der Waals surface area (Å²) < 4.78 is 8.41. The first kappa shape index (κ1) is 19.1. The number of benzene rings is 2. The second-order valence-corrected chi connectivity index (χ2v) is 8.87. The summed E-state index contributed by atoms with van der Waals surface area (Å²) >= 11 is 0. The summed E-state index contributed by atoms with van der Waals surface area (Å²) in [7, 11) is 0. The number of hydrogen-bond acceptors (Lipinski definition) is 4. The van der Waals surface area contributed by atoms with Gasteiger partial charge in [0, 0.05) is 22.9 Å². The highest BCUT2D eigenvalue weighted by atomic mass is 16.5. The lowest BCUT2D eigenvalue weighted by Gasteiger charge is -2.30. The fraction of sp³-hybridized carbons (Fsp3) is 0.259. The van der Waals surface area contributed by atoms with Crippen molar-refractivity contribution in [1.82, 2.24) is 14.8 Å². The summed E-state index contributed by atoms with van der Waals surface area (Å²) in [5.74, 6) is 1.29. The molecule has 2 N–H and O–H groups in total. The molecule has 1 atom stereocenters. The van der Waals surface area contributed by atoms with Crippen LogP contribution in [0.4, 0.5) is 5.69 Å². The number of nitrogens with zero attached hydrogens (tertiary/aromatic N) is 3. The van der Waals surface area contributed by atoms with Gasteiger partial charge >= 0.3 is 0 Å². The minimum atomic E-state index is -0.0634. The molecule has 0 saturated carbocycles. The average Bonchev–Trinajstić information content (AvgIpc) is 3.15. The van der Waals surface area contributed by atoms with Crippen LogP contribution >= 0.6 is 0 Å². The van der Waals surface area contributed by atoms with Crippen molar-refractivity contribution >= 4 is 5.69 Å². The van der Waals surface area contributed by atoms with Gasteiger partial charge in [0.25, 0.3) is 0 Å². The molecule has 1 unspecified atom stereocenters. The van der Waals surface area contributed by atoms with E-state index in [0.29, 0.717) is 5.88 Å². The van der Waals surface area contributed by atoms with Crippen molar-refractivity contribution in [3.8, 4) is 17.4 Å². The fourth-order valence-corrected chi connectivity index (χ4v) is 5.14. The minimum Gasteiger partial charge on any atom is -0.420 e. The Morgan fingerprint density at radius 2 is 1.69 bits per heavy atom. The first-order valence-electron chi connectivity index (χ1n) is 11.3. The van der Waals surface area contributed by atoms with Crippen molar-refractivity contribution in [1.29, 1.82) is 0 Å². The zero-order valence-corrected chi connectivity index (χ0v) is 18.4. The summed E-state index contributed by atoms with van der Waals surface area (Å²) in [6.07, 6.45) is 4.24. The smallest absolute Gasteiger partial charge is 0.229 e. The van der Waals surface area contributed by atoms with Crippen LogP contribution in [0.1, 0.15) is 58.0 Å². The molecule has 6 rings (SSSR count). The van der Waals surface area contributed by atoms with Crippen LogP contribution in [-0.2, 0) is 12.8 Å². The number of nitrogen functional groups attached to an aromatic ring is 1. The van der Waals surface area contributed by atoms with Crippen molar-refractivity contribution in [3.05, 3.63) is 93.8 Å². The van der Waals surface area contributed by atoms with Gasteiger partial charge in [0.2, 0.25) is 11.8 Å². The normalized spacial score (nSPS) is 16.6. The van der Waals surface area contributed by atoms with Gasteiger partial charge in [-0.2, -0.15) is 5.10 Å². The van der Waals surface area contributed by atoms with Crippen molar-refractivity contribution in [2.45, 2.75) is 45.4 Å². The molecular formula is C27H26N4O. The second kappa shape index (κ2) is 7.23. The molecule has 0 saturated heterocycles. The first-order valence-corrected chi connectivity index (χ1v) is 11.3. The standard InChI is InChI=1S/C27H26N4O/c1-16-12-14-18(15-13-16)23-22-17(2)30-31(19-8-4-3-5-9-19)27(22)32-26-24(23)25(28)20-10-6-7-11-21(20)29-26/h3-5,8-9,12-15,23H,6-7,10-11H2,1-2H3,(H2,28,29). The third-order valence-corrected chi connectivity index (χ3v) is 6.77. The topological polar surface area (TPSA) is 66.0 Å². The number of hydrogen-bond donors (Lipinski definition) is 1. The molecule has 5 nitrogen and oxygen atoms in total. The van der Waals surface area contributed by atoms with Crippen LogP contribution in [-0.4, -0.2) is 14.8 Å². The molecule has 3 heterocycles. The van der Waals surface area contributed by atoms with Crippen molar-refractivity contribution in [3.63, 3.8) is 0 Å². The first-order chi connectivity index (χ1) is 15.6. The molecule has 0 spiro atoms. The number of nitrogens with two attached hydrogens (primary N) is 1. The molecule has 2 aromatic carbocycles. The summed E-state index contributed by atoms with van der Waals surface area (Å²) in [6.45, 7) is 4.16. The van der Waals surface area contributed by atoms with Gasteiger partial charge < -0.3 is 10.5 Å². The molecule has 0 fully saturated rings. The molecule has 2 aliphatic rings. The Hall–Kier alpha value is -3.60. The van der Waals surface area contributed by atoms with E-state index in [9.17, 15) is 0 Å². The van der Waals surface area contributed by atoms with Crippen LogP contribution in [0.25, 0.3) is 5.69 Å². The molecule has 1 aliphatic heterocycles. The maximum atomic E-state index is 6.86. The van der Waals surface area contributed by atoms with Gasteiger partial charge in [-0.25, -0.2) is 9.67 Å². The molecule has 5 heteroatoms. The minimum absolute atomic E-state index is 0.0634. The Balaban J connectivity index is 1.63. The summed E-state index contributed by atoms with van der Waals surface area (Å²) in [6, 6.07) is 18.8. The zero-order valence-electron chi connectivity index (χ0n) is 18.4. The quantitative estimate of drug-likeness (QED) is 0.400. The van der Waals surface area contributed by atoms with Crippen molar-refractivity contribution in [2.75, 3.05) is 5.73 Å². The number of rotatable bonds is 2. The second-order valence-electron chi connectivity index (χ2n) is 8.87. The molecular weight excluding hydrogens is 396 g/mol. The molecule has 0 bridgehead atoms. The molecule has 1 aliphatic carbocycles. The van der Waals surface area contributed by atoms with Crippen molar-refractivity contribution in [2.24, 2.45) is 0 Å². The van der Waals surface area contributed by atoms with Gasteiger partial charge in [-0.05, 0) is 62.8 Å². The van der Waals surface area contributed by atoms with Crippen molar-refractivity contribution < 1.29 is 4.74 Å². The van der Waals surface area contributed by atoms with E-state index in [1.165, 1.54) is 16.7 Å². The van der Waals surface area contributed by atoms with Gasteiger partial charge in [-0.1, -0.05) is 48.0 Å². The molecule has 32 heavy (non-hydrogen) atoms. The number of aryl methyl sites for hydroxylation is 3. The third kappa shape index (κ3) is 2.84. The monoisotopic (exact) mass is 422 g/mol. The van der Waals surface area contributed by atoms with E-state index in [0.717, 1.165) is 65.5 Å². The molecule has 2 aromatic heterocycles. The highest BCUT2D eigenvalue weighted by molar-refractivity contribution is 5.69. The Morgan fingerprint density at radius 1 is 0.938 bits per heavy atom. The summed E-state index contributed by atoms with van der Waals surface area (Å²) in [4.78, 5) is 5.01. The zero-order chi connectivity index (χ0) is 21.8. The number of aromatic nitrogens is 3. The lowest BCUT2D eigenvalue weighted by atomic mass is 9.81. The van der Waals surface area contributed by atoms with E-state index in [2.05, 4.69) is 38.1 Å². The molecule has 0 amide bonds.